The molecule has 0 spiro atoms. The number of hydrogen-bond acceptors (Lipinski definition) is 7. The maximum atomic E-state index is 12.9. The van der Waals surface area contributed by atoms with Crippen molar-refractivity contribution in [1.82, 2.24) is 10.2 Å². The molecule has 3 rings (SSSR count). The highest BCUT2D eigenvalue weighted by atomic mass is 16.5. The van der Waals surface area contributed by atoms with Gasteiger partial charge in [-0.05, 0) is 42.7 Å². The molecule has 180 valence electrons. The van der Waals surface area contributed by atoms with E-state index >= 15 is 0 Å². The SMILES string of the molecule is COc1cc(C(C#N)NC(=O)C2CCN(C(=O)COc3ccccc3)CC2)cc(OC)c1OC. The lowest BCUT2D eigenvalue weighted by molar-refractivity contribution is -0.137. The highest BCUT2D eigenvalue weighted by molar-refractivity contribution is 5.81. The van der Waals surface area contributed by atoms with Crippen LogP contribution in [0.25, 0.3) is 0 Å². The molecule has 0 aliphatic carbocycles. The van der Waals surface area contributed by atoms with Crippen LogP contribution in [-0.2, 0) is 9.59 Å². The van der Waals surface area contributed by atoms with Crippen molar-refractivity contribution in [3.63, 3.8) is 0 Å². The van der Waals surface area contributed by atoms with E-state index in [1.165, 1.54) is 21.3 Å². The van der Waals surface area contributed by atoms with Gasteiger partial charge < -0.3 is 29.2 Å². The van der Waals surface area contributed by atoms with Crippen LogP contribution in [0.15, 0.2) is 42.5 Å². The van der Waals surface area contributed by atoms with Crippen molar-refractivity contribution in [2.75, 3.05) is 41.0 Å². The second-order valence-corrected chi connectivity index (χ2v) is 7.79. The number of piperidine rings is 1. The number of para-hydroxylation sites is 1. The molecule has 1 aliphatic heterocycles. The number of likely N-dealkylation sites (tertiary alicyclic amines) is 1. The number of nitriles is 1. The Bertz CT molecular complexity index is 1000. The normalized spacial score (nSPS) is 14.5. The molecule has 1 saturated heterocycles. The summed E-state index contributed by atoms with van der Waals surface area (Å²) in [6.45, 7) is 0.867. The van der Waals surface area contributed by atoms with Crippen LogP contribution in [0.1, 0.15) is 24.4 Å². The highest BCUT2D eigenvalue weighted by Crippen LogP contribution is 2.39. The topological polar surface area (TPSA) is 110 Å². The number of rotatable bonds is 9. The van der Waals surface area contributed by atoms with E-state index in [4.69, 9.17) is 18.9 Å². The third kappa shape index (κ3) is 5.90. The molecule has 9 nitrogen and oxygen atoms in total. The third-order valence-electron chi connectivity index (χ3n) is 5.76. The molecule has 1 unspecified atom stereocenters. The number of hydrogen-bond donors (Lipinski definition) is 1. The molecule has 2 aromatic carbocycles. The zero-order chi connectivity index (χ0) is 24.5. The summed E-state index contributed by atoms with van der Waals surface area (Å²) < 4.78 is 21.5. The van der Waals surface area contributed by atoms with E-state index in [0.29, 0.717) is 54.5 Å². The van der Waals surface area contributed by atoms with Crippen LogP contribution in [0, 0.1) is 17.2 Å². The molecule has 2 aromatic rings. The van der Waals surface area contributed by atoms with Crippen LogP contribution in [0.4, 0.5) is 0 Å². The molecule has 2 amide bonds. The Balaban J connectivity index is 1.56. The number of benzene rings is 2. The van der Waals surface area contributed by atoms with Gasteiger partial charge in [-0.15, -0.1) is 0 Å². The Kier molecular flexibility index (Phi) is 8.57. The average molecular weight is 468 g/mol. The van der Waals surface area contributed by atoms with Crippen molar-refractivity contribution in [3.8, 4) is 29.1 Å². The second-order valence-electron chi connectivity index (χ2n) is 7.79. The van der Waals surface area contributed by atoms with Gasteiger partial charge in [-0.1, -0.05) is 18.2 Å². The molecule has 1 heterocycles. The fourth-order valence-electron chi connectivity index (χ4n) is 3.86. The summed E-state index contributed by atoms with van der Waals surface area (Å²) in [6, 6.07) is 13.7. The predicted octanol–water partition coefficient (Wildman–Crippen LogP) is 2.71. The molecular weight excluding hydrogens is 438 g/mol. The number of methoxy groups -OCH3 is 3. The molecular formula is C25H29N3O6. The lowest BCUT2D eigenvalue weighted by atomic mass is 9.95. The Labute approximate surface area is 199 Å². The molecule has 1 atom stereocenters. The van der Waals surface area contributed by atoms with Crippen LogP contribution < -0.4 is 24.3 Å². The molecule has 1 aliphatic rings. The van der Waals surface area contributed by atoms with E-state index < -0.39 is 6.04 Å². The number of amides is 2. The van der Waals surface area contributed by atoms with Gasteiger partial charge in [-0.3, -0.25) is 9.59 Å². The van der Waals surface area contributed by atoms with E-state index in [2.05, 4.69) is 11.4 Å². The van der Waals surface area contributed by atoms with Gasteiger partial charge in [-0.2, -0.15) is 5.26 Å². The number of carbonyl (C=O) groups is 2. The van der Waals surface area contributed by atoms with Crippen molar-refractivity contribution in [3.05, 3.63) is 48.0 Å². The summed E-state index contributed by atoms with van der Waals surface area (Å²) in [5.74, 6) is 1.20. The van der Waals surface area contributed by atoms with Crippen molar-refractivity contribution in [2.45, 2.75) is 18.9 Å². The van der Waals surface area contributed by atoms with Crippen molar-refractivity contribution < 1.29 is 28.5 Å². The highest BCUT2D eigenvalue weighted by Gasteiger charge is 2.29. The summed E-state index contributed by atoms with van der Waals surface area (Å²) in [4.78, 5) is 27.0. The molecule has 1 fully saturated rings. The van der Waals surface area contributed by atoms with Crippen molar-refractivity contribution >= 4 is 11.8 Å². The Morgan fingerprint density at radius 1 is 1.06 bits per heavy atom. The minimum atomic E-state index is -0.889. The third-order valence-corrected chi connectivity index (χ3v) is 5.76. The van der Waals surface area contributed by atoms with Crippen LogP contribution in [-0.4, -0.2) is 57.7 Å². The Morgan fingerprint density at radius 3 is 2.21 bits per heavy atom. The molecule has 34 heavy (non-hydrogen) atoms. The van der Waals surface area contributed by atoms with Crippen LogP contribution in [0.5, 0.6) is 23.0 Å². The number of nitrogens with zero attached hydrogens (tertiary/aromatic N) is 2. The average Bonchev–Trinajstić information content (AvgIpc) is 2.89. The largest absolute Gasteiger partial charge is 0.493 e. The van der Waals surface area contributed by atoms with Crippen molar-refractivity contribution in [2.24, 2.45) is 5.92 Å². The fourth-order valence-corrected chi connectivity index (χ4v) is 3.86. The monoisotopic (exact) mass is 467 g/mol. The summed E-state index contributed by atoms with van der Waals surface area (Å²) >= 11 is 0. The lowest BCUT2D eigenvalue weighted by Gasteiger charge is -2.31. The van der Waals surface area contributed by atoms with Gasteiger partial charge in [0.1, 0.15) is 11.8 Å². The first-order chi connectivity index (χ1) is 16.5. The first-order valence-corrected chi connectivity index (χ1v) is 11.0. The summed E-state index contributed by atoms with van der Waals surface area (Å²) in [5.41, 5.74) is 0.524. The van der Waals surface area contributed by atoms with E-state index in [0.717, 1.165) is 0 Å². The molecule has 9 heteroatoms. The quantitative estimate of drug-likeness (QED) is 0.604. The van der Waals surface area contributed by atoms with Gasteiger partial charge in [0, 0.05) is 19.0 Å². The lowest BCUT2D eigenvalue weighted by Crippen LogP contribution is -2.45. The van der Waals surface area contributed by atoms with Gasteiger partial charge in [0.25, 0.3) is 5.91 Å². The maximum absolute atomic E-state index is 12.9. The van der Waals surface area contributed by atoms with Crippen LogP contribution in [0.3, 0.4) is 0 Å². The Morgan fingerprint density at radius 2 is 1.68 bits per heavy atom. The molecule has 0 aromatic heterocycles. The molecule has 0 radical (unpaired) electrons. The standard InChI is InChI=1S/C25H29N3O6/c1-31-21-13-18(14-22(32-2)24(21)33-3)20(15-26)27-25(30)17-9-11-28(12-10-17)23(29)16-34-19-7-5-4-6-8-19/h4-8,13-14,17,20H,9-12,16H2,1-3H3,(H,27,30). The van der Waals surface area contributed by atoms with Gasteiger partial charge in [0.05, 0.1) is 27.4 Å². The van der Waals surface area contributed by atoms with E-state index in [9.17, 15) is 14.9 Å². The smallest absolute Gasteiger partial charge is 0.260 e. The Hall–Kier alpha value is -3.93. The first kappa shape index (κ1) is 24.7. The molecule has 0 bridgehead atoms. The minimum absolute atomic E-state index is 0.0431. The summed E-state index contributed by atoms with van der Waals surface area (Å²) in [6.07, 6.45) is 1.02. The number of carbonyl (C=O) groups excluding carboxylic acids is 2. The molecule has 0 saturated carbocycles. The van der Waals surface area contributed by atoms with Gasteiger partial charge in [0.2, 0.25) is 11.7 Å². The van der Waals surface area contributed by atoms with Crippen molar-refractivity contribution in [1.29, 1.82) is 5.26 Å². The summed E-state index contributed by atoms with van der Waals surface area (Å²) in [7, 11) is 4.47. The maximum Gasteiger partial charge on any atom is 0.260 e. The molecule has 1 N–H and O–H groups in total. The van der Waals surface area contributed by atoms with E-state index in [1.807, 2.05) is 18.2 Å². The fraction of sp³-hybridized carbons (Fsp3) is 0.400. The number of ether oxygens (including phenoxy) is 4. The summed E-state index contributed by atoms with van der Waals surface area (Å²) in [5, 5.41) is 12.5. The number of nitrogens with one attached hydrogen (secondary N) is 1. The zero-order valence-electron chi connectivity index (χ0n) is 19.6. The van der Waals surface area contributed by atoms with Gasteiger partial charge in [-0.25, -0.2) is 0 Å². The van der Waals surface area contributed by atoms with Gasteiger partial charge in [0.15, 0.2) is 18.1 Å². The van der Waals surface area contributed by atoms with Crippen LogP contribution in [0.2, 0.25) is 0 Å². The predicted molar refractivity (Wildman–Crippen MR) is 124 cm³/mol. The van der Waals surface area contributed by atoms with Crippen LogP contribution >= 0.6 is 0 Å². The second kappa shape index (κ2) is 11.8. The zero-order valence-corrected chi connectivity index (χ0v) is 19.6. The minimum Gasteiger partial charge on any atom is -0.493 e. The first-order valence-electron chi connectivity index (χ1n) is 11.0. The van der Waals surface area contributed by atoms with Gasteiger partial charge >= 0.3 is 0 Å². The van der Waals surface area contributed by atoms with E-state index in [1.54, 1.807) is 29.2 Å². The van der Waals surface area contributed by atoms with E-state index in [-0.39, 0.29) is 24.3 Å².